The van der Waals surface area contributed by atoms with Crippen molar-refractivity contribution < 1.29 is 4.84 Å². The van der Waals surface area contributed by atoms with Crippen LogP contribution in [-0.4, -0.2) is 4.99 Å². The summed E-state index contributed by atoms with van der Waals surface area (Å²) >= 11 is 4.69. The Balaban J connectivity index is 2.72. The number of rotatable bonds is 0. The van der Waals surface area contributed by atoms with Gasteiger partial charge in [0.25, 0.3) is 0 Å². The summed E-state index contributed by atoms with van der Waals surface area (Å²) in [6.45, 7) is 0. The van der Waals surface area contributed by atoms with Crippen LogP contribution in [0.25, 0.3) is 0 Å². The monoisotopic (exact) mass is 140 g/mol. The van der Waals surface area contributed by atoms with Gasteiger partial charge in [0, 0.05) is 5.28 Å². The van der Waals surface area contributed by atoms with E-state index in [1.165, 1.54) is 6.26 Å². The average molecular weight is 140 g/mol. The minimum Gasteiger partial charge on any atom is -0.347 e. The Labute approximate surface area is 57.7 Å². The highest BCUT2D eigenvalue weighted by Crippen LogP contribution is 1.92. The van der Waals surface area contributed by atoms with Crippen LogP contribution in [0.5, 0.6) is 0 Å². The van der Waals surface area contributed by atoms with Crippen LogP contribution in [0.1, 0.15) is 0 Å². The van der Waals surface area contributed by atoms with Crippen LogP contribution in [0.4, 0.5) is 0 Å². The molecule has 0 fully saturated rings. The smallest absolute Gasteiger partial charge is 0.152 e. The number of hydrogen-bond acceptors (Lipinski definition) is 3. The maximum Gasteiger partial charge on any atom is 0.152 e. The second-order valence-corrected chi connectivity index (χ2v) is 1.73. The maximum absolute atomic E-state index is 4.69. The highest BCUT2D eigenvalue weighted by molar-refractivity contribution is 7.80. The normalized spacial score (nSPS) is 23.8. The lowest BCUT2D eigenvalue weighted by Gasteiger charge is -1.88. The first-order chi connectivity index (χ1) is 4.39. The molecule has 0 bridgehead atoms. The third-order valence-electron chi connectivity index (χ3n) is 0.676. The summed E-state index contributed by atoms with van der Waals surface area (Å²) in [7, 11) is 0. The molecule has 0 saturated heterocycles. The van der Waals surface area contributed by atoms with E-state index in [0.29, 0.717) is 4.99 Å². The van der Waals surface area contributed by atoms with Crippen molar-refractivity contribution in [3.05, 3.63) is 24.5 Å². The fourth-order valence-electron chi connectivity index (χ4n) is 0.343. The Morgan fingerprint density at radius 2 is 2.33 bits per heavy atom. The SMILES string of the molecule is S=C1/C=C\C=C/ON=N1. The second kappa shape index (κ2) is 3.09. The van der Waals surface area contributed by atoms with E-state index >= 15 is 0 Å². The third kappa shape index (κ3) is 2.14. The highest BCUT2D eigenvalue weighted by Gasteiger charge is 1.85. The topological polar surface area (TPSA) is 34.0 Å². The van der Waals surface area contributed by atoms with Gasteiger partial charge in [0.2, 0.25) is 0 Å². The van der Waals surface area contributed by atoms with Gasteiger partial charge in [-0.1, -0.05) is 18.3 Å². The molecule has 1 rings (SSSR count). The predicted octanol–water partition coefficient (Wildman–Crippen LogP) is 1.78. The molecular formula is C5H4N2OS. The molecule has 0 unspecified atom stereocenters. The molecule has 1 aliphatic rings. The van der Waals surface area contributed by atoms with Gasteiger partial charge < -0.3 is 4.84 Å². The summed E-state index contributed by atoms with van der Waals surface area (Å²) in [5.41, 5.74) is 0. The zero-order chi connectivity index (χ0) is 6.53. The molecule has 0 aliphatic carbocycles. The summed E-state index contributed by atoms with van der Waals surface area (Å²) in [4.78, 5) is 4.90. The lowest BCUT2D eigenvalue weighted by Crippen LogP contribution is -1.81. The van der Waals surface area contributed by atoms with Crippen LogP contribution >= 0.6 is 12.2 Å². The first-order valence-electron chi connectivity index (χ1n) is 2.33. The van der Waals surface area contributed by atoms with Gasteiger partial charge in [0.1, 0.15) is 6.26 Å². The highest BCUT2D eigenvalue weighted by atomic mass is 32.1. The molecule has 1 aliphatic heterocycles. The summed E-state index contributed by atoms with van der Waals surface area (Å²) in [6, 6.07) is 0. The van der Waals surface area contributed by atoms with Crippen LogP contribution < -0.4 is 0 Å². The largest absolute Gasteiger partial charge is 0.347 e. The molecule has 9 heavy (non-hydrogen) atoms. The summed E-state index contributed by atoms with van der Waals surface area (Å²) in [6.07, 6.45) is 6.50. The minimum absolute atomic E-state index is 0.416. The van der Waals surface area contributed by atoms with Crippen molar-refractivity contribution in [2.45, 2.75) is 0 Å². The Bertz CT molecular complexity index is 195. The van der Waals surface area contributed by atoms with Gasteiger partial charge in [-0.3, -0.25) is 0 Å². The first kappa shape index (κ1) is 6.10. The van der Waals surface area contributed by atoms with Gasteiger partial charge >= 0.3 is 0 Å². The zero-order valence-corrected chi connectivity index (χ0v) is 5.34. The van der Waals surface area contributed by atoms with E-state index in [4.69, 9.17) is 12.2 Å². The first-order valence-corrected chi connectivity index (χ1v) is 2.74. The van der Waals surface area contributed by atoms with Gasteiger partial charge in [-0.25, -0.2) is 0 Å². The lowest BCUT2D eigenvalue weighted by molar-refractivity contribution is 0.244. The molecule has 0 amide bonds. The predicted molar refractivity (Wildman–Crippen MR) is 36.8 cm³/mol. The molecule has 0 atom stereocenters. The van der Waals surface area contributed by atoms with Crippen molar-refractivity contribution in [1.82, 2.24) is 0 Å². The summed E-state index contributed by atoms with van der Waals surface area (Å²) in [5, 5.41) is 6.74. The number of thiocarbonyl (C=S) groups is 1. The fraction of sp³-hybridized carbons (Fsp3) is 0. The molecule has 4 heteroatoms. The molecular weight excluding hydrogens is 136 g/mol. The Kier molecular flexibility index (Phi) is 2.09. The average Bonchev–Trinajstić information content (AvgIpc) is 1.79. The summed E-state index contributed by atoms with van der Waals surface area (Å²) < 4.78 is 0. The number of allylic oxidation sites excluding steroid dienone is 2. The van der Waals surface area contributed by atoms with Crippen LogP contribution in [-0.2, 0) is 4.84 Å². The second-order valence-electron chi connectivity index (χ2n) is 1.31. The zero-order valence-electron chi connectivity index (χ0n) is 4.52. The van der Waals surface area contributed by atoms with E-state index in [0.717, 1.165) is 0 Å². The lowest BCUT2D eigenvalue weighted by atomic mass is 10.5. The van der Waals surface area contributed by atoms with Crippen molar-refractivity contribution in [3.63, 3.8) is 0 Å². The molecule has 0 aromatic heterocycles. The van der Waals surface area contributed by atoms with Crippen LogP contribution in [0.3, 0.4) is 0 Å². The fourth-order valence-corrected chi connectivity index (χ4v) is 0.455. The van der Waals surface area contributed by atoms with Crippen molar-refractivity contribution in [2.75, 3.05) is 0 Å². The van der Waals surface area contributed by atoms with Gasteiger partial charge in [0.15, 0.2) is 4.99 Å². The molecule has 3 nitrogen and oxygen atoms in total. The van der Waals surface area contributed by atoms with Crippen molar-refractivity contribution in [1.29, 1.82) is 0 Å². The molecule has 0 N–H and O–H groups in total. The van der Waals surface area contributed by atoms with Gasteiger partial charge in [-0.2, -0.15) is 0 Å². The molecule has 0 saturated carbocycles. The minimum atomic E-state index is 0.416. The molecule has 46 valence electrons. The van der Waals surface area contributed by atoms with Crippen molar-refractivity contribution in [3.8, 4) is 0 Å². The number of hydrogen-bond donors (Lipinski definition) is 0. The summed E-state index contributed by atoms with van der Waals surface area (Å²) in [5.74, 6) is 0. The number of nitrogens with zero attached hydrogens (tertiary/aromatic N) is 2. The van der Waals surface area contributed by atoms with Gasteiger partial charge in [-0.15, -0.1) is 5.11 Å². The van der Waals surface area contributed by atoms with Gasteiger partial charge in [0.05, 0.1) is 0 Å². The Morgan fingerprint density at radius 3 is 3.22 bits per heavy atom. The van der Waals surface area contributed by atoms with E-state index < -0.39 is 0 Å². The third-order valence-corrected chi connectivity index (χ3v) is 0.894. The van der Waals surface area contributed by atoms with Crippen LogP contribution in [0, 0.1) is 0 Å². The molecule has 0 aromatic carbocycles. The van der Waals surface area contributed by atoms with Crippen LogP contribution in [0.2, 0.25) is 0 Å². The Morgan fingerprint density at radius 1 is 1.44 bits per heavy atom. The van der Waals surface area contributed by atoms with Crippen molar-refractivity contribution in [2.24, 2.45) is 10.4 Å². The van der Waals surface area contributed by atoms with Crippen LogP contribution in [0.15, 0.2) is 34.9 Å². The van der Waals surface area contributed by atoms with Crippen molar-refractivity contribution >= 4 is 17.2 Å². The Hall–Kier alpha value is -1.03. The molecule has 0 spiro atoms. The van der Waals surface area contributed by atoms with E-state index in [-0.39, 0.29) is 0 Å². The van der Waals surface area contributed by atoms with Gasteiger partial charge in [-0.05, 0) is 12.2 Å². The molecule has 0 radical (unpaired) electrons. The van der Waals surface area contributed by atoms with E-state index in [1.807, 2.05) is 0 Å². The quantitative estimate of drug-likeness (QED) is 0.480. The molecule has 1 heterocycles. The maximum atomic E-state index is 4.69. The van der Waals surface area contributed by atoms with E-state index in [2.05, 4.69) is 15.2 Å². The van der Waals surface area contributed by atoms with E-state index in [1.54, 1.807) is 18.2 Å². The molecule has 0 aromatic rings. The van der Waals surface area contributed by atoms with E-state index in [9.17, 15) is 0 Å². The standard InChI is InChI=1S/C5H4N2OS/c9-5-3-1-2-4-8-7-6-5/h1-4H/b3-1-,4-2-,7-6?.